The number of hydrogen-bond acceptors (Lipinski definition) is 5. The molecule has 3 rings (SSSR count). The summed E-state index contributed by atoms with van der Waals surface area (Å²) in [5.74, 6) is -1.50. The van der Waals surface area contributed by atoms with Gasteiger partial charge in [-0.3, -0.25) is 0 Å². The summed E-state index contributed by atoms with van der Waals surface area (Å²) < 4.78 is 27.8. The normalized spacial score (nSPS) is 15.6. The second-order valence-electron chi connectivity index (χ2n) is 8.49. The van der Waals surface area contributed by atoms with Gasteiger partial charge in [0.2, 0.25) is 0 Å². The number of hydrogen-bond donors (Lipinski definition) is 3. The van der Waals surface area contributed by atoms with Crippen LogP contribution < -0.4 is 16.0 Å². The molecular formula is C25H29AsF2N4O3. The predicted molar refractivity (Wildman–Crippen MR) is 132 cm³/mol. The third-order valence-electron chi connectivity index (χ3n) is 5.97. The van der Waals surface area contributed by atoms with Crippen LogP contribution in [0.3, 0.4) is 0 Å². The summed E-state index contributed by atoms with van der Waals surface area (Å²) in [5.41, 5.74) is 7.80. The molecule has 1 aliphatic rings. The van der Waals surface area contributed by atoms with E-state index in [0.29, 0.717) is 16.7 Å². The third-order valence-corrected chi connectivity index (χ3v) is 6.50. The second kappa shape index (κ2) is 12.8. The van der Waals surface area contributed by atoms with Crippen LogP contribution in [0, 0.1) is 0 Å². The van der Waals surface area contributed by atoms with Crippen molar-refractivity contribution in [2.75, 3.05) is 18.0 Å². The van der Waals surface area contributed by atoms with Gasteiger partial charge in [-0.25, -0.2) is 0 Å². The summed E-state index contributed by atoms with van der Waals surface area (Å²) in [6, 6.07) is 10.4. The zero-order valence-electron chi connectivity index (χ0n) is 19.3. The van der Waals surface area contributed by atoms with Crippen LogP contribution in [0.1, 0.15) is 59.2 Å². The van der Waals surface area contributed by atoms with Crippen LogP contribution in [-0.2, 0) is 17.8 Å². The zero-order valence-corrected chi connectivity index (χ0v) is 21.2. The quantitative estimate of drug-likeness (QED) is 0.267. The van der Waals surface area contributed by atoms with Gasteiger partial charge in [0, 0.05) is 0 Å². The van der Waals surface area contributed by atoms with Crippen molar-refractivity contribution in [1.29, 1.82) is 0 Å². The molecule has 186 valence electrons. The van der Waals surface area contributed by atoms with Crippen molar-refractivity contribution in [2.24, 2.45) is 10.7 Å². The molecular weight excluding hydrogens is 517 g/mol. The maximum atomic E-state index is 13.8. The fourth-order valence-corrected chi connectivity index (χ4v) is 4.44. The Morgan fingerprint density at radius 2 is 1.74 bits per heavy atom. The van der Waals surface area contributed by atoms with E-state index in [1.165, 1.54) is 6.07 Å². The number of carbonyl (C=O) groups excluding carboxylic acids is 1. The van der Waals surface area contributed by atoms with Crippen LogP contribution in [0.5, 0.6) is 0 Å². The van der Waals surface area contributed by atoms with E-state index in [1.807, 2.05) is 6.07 Å². The molecule has 2 aromatic carbocycles. The van der Waals surface area contributed by atoms with E-state index >= 15 is 0 Å². The summed E-state index contributed by atoms with van der Waals surface area (Å²) in [6.07, 6.45) is 1.84. The Morgan fingerprint density at radius 3 is 2.34 bits per heavy atom. The number of nitrogens with two attached hydrogens (primary N) is 1. The standard InChI is InChI=1S/C25H29AsF2N4O3/c26-25(31-23(33)17-10-8-16(9-11-17)14-20(29)24(34)35)30-15-19-18(22(27)28)6-5-7-21(19)32-12-3-1-2-4-13-32/h5-11,20,22H,1-4,12-15,29H2,(H,34,35)(H,30,31,33). The molecule has 4 N–H and O–H groups in total. The van der Waals surface area contributed by atoms with Crippen LogP contribution in [0.2, 0.25) is 0 Å². The minimum atomic E-state index is -2.62. The molecule has 2 radical (unpaired) electrons. The van der Waals surface area contributed by atoms with Crippen molar-refractivity contribution in [3.8, 4) is 0 Å². The van der Waals surface area contributed by atoms with Gasteiger partial charge >= 0.3 is 212 Å². The number of carboxylic acid groups (broad SMARTS) is 1. The summed E-state index contributed by atoms with van der Waals surface area (Å²) >= 11 is 2.16. The molecule has 1 aliphatic heterocycles. The van der Waals surface area contributed by atoms with Gasteiger partial charge in [0.25, 0.3) is 0 Å². The summed E-state index contributed by atoms with van der Waals surface area (Å²) in [4.78, 5) is 30.0. The van der Waals surface area contributed by atoms with E-state index in [0.717, 1.165) is 44.5 Å². The van der Waals surface area contributed by atoms with Gasteiger partial charge in [0.1, 0.15) is 0 Å². The van der Waals surface area contributed by atoms with E-state index in [-0.39, 0.29) is 23.2 Å². The minimum absolute atomic E-state index is 0.0166. The van der Waals surface area contributed by atoms with Crippen LogP contribution in [0.15, 0.2) is 47.5 Å². The average molecular weight is 546 g/mol. The molecule has 2 aromatic rings. The first kappa shape index (κ1) is 26.8. The van der Waals surface area contributed by atoms with Crippen molar-refractivity contribution in [3.05, 3.63) is 64.7 Å². The molecule has 0 aliphatic carbocycles. The Bertz CT molecular complexity index is 1060. The molecule has 1 amide bonds. The van der Waals surface area contributed by atoms with E-state index < -0.39 is 24.3 Å². The molecule has 1 heterocycles. The van der Waals surface area contributed by atoms with Gasteiger partial charge in [-0.2, -0.15) is 0 Å². The van der Waals surface area contributed by atoms with Crippen molar-refractivity contribution in [1.82, 2.24) is 5.32 Å². The number of amides is 1. The number of aliphatic imine (C=N–C) groups is 1. The van der Waals surface area contributed by atoms with Gasteiger partial charge in [-0.15, -0.1) is 0 Å². The average Bonchev–Trinajstić information content (AvgIpc) is 3.12. The first-order valence-electron chi connectivity index (χ1n) is 11.5. The van der Waals surface area contributed by atoms with Gasteiger partial charge in [-0.05, 0) is 0 Å². The van der Waals surface area contributed by atoms with Crippen LogP contribution in [-0.4, -0.2) is 57.6 Å². The number of alkyl halides is 2. The van der Waals surface area contributed by atoms with Gasteiger partial charge < -0.3 is 0 Å². The number of carbonyl (C=O) groups is 2. The van der Waals surface area contributed by atoms with Crippen molar-refractivity contribution >= 4 is 39.0 Å². The Kier molecular flexibility index (Phi) is 9.81. The summed E-state index contributed by atoms with van der Waals surface area (Å²) in [6.45, 7) is 1.66. The Balaban J connectivity index is 1.71. The van der Waals surface area contributed by atoms with E-state index in [1.54, 1.807) is 30.3 Å². The molecule has 0 spiro atoms. The zero-order chi connectivity index (χ0) is 25.4. The molecule has 7 nitrogen and oxygen atoms in total. The Hall–Kier alpha value is -2.77. The van der Waals surface area contributed by atoms with Crippen LogP contribution >= 0.6 is 0 Å². The molecule has 1 saturated heterocycles. The van der Waals surface area contributed by atoms with Crippen LogP contribution in [0.25, 0.3) is 0 Å². The van der Waals surface area contributed by atoms with Gasteiger partial charge in [0.15, 0.2) is 0 Å². The van der Waals surface area contributed by atoms with Gasteiger partial charge in [0.05, 0.1) is 0 Å². The Morgan fingerprint density at radius 1 is 1.09 bits per heavy atom. The fourth-order valence-electron chi connectivity index (χ4n) is 4.08. The maximum absolute atomic E-state index is 13.8. The van der Waals surface area contributed by atoms with Gasteiger partial charge in [-0.1, -0.05) is 0 Å². The fraction of sp³-hybridized carbons (Fsp3) is 0.400. The first-order valence-corrected chi connectivity index (χ1v) is 12.5. The molecule has 35 heavy (non-hydrogen) atoms. The molecule has 10 heteroatoms. The van der Waals surface area contributed by atoms with Crippen molar-refractivity contribution in [2.45, 2.75) is 51.1 Å². The molecule has 1 unspecified atom stereocenters. The number of carboxylic acids is 1. The number of nitrogens with zero attached hydrogens (tertiary/aromatic N) is 2. The molecule has 1 fully saturated rings. The molecule has 0 bridgehead atoms. The predicted octanol–water partition coefficient (Wildman–Crippen LogP) is 3.41. The second-order valence-corrected chi connectivity index (χ2v) is 9.38. The van der Waals surface area contributed by atoms with Crippen LogP contribution in [0.4, 0.5) is 14.5 Å². The molecule has 1 atom stereocenters. The number of aliphatic carboxylic acids is 1. The molecule has 0 aromatic heterocycles. The van der Waals surface area contributed by atoms with Crippen molar-refractivity contribution in [3.63, 3.8) is 0 Å². The SMILES string of the molecule is NC(Cc1ccc(C(=O)NC([As])=NCc2c(C(F)F)cccc2N2CCCCCC2)cc1)C(=O)O. The van der Waals surface area contributed by atoms with E-state index in [4.69, 9.17) is 10.8 Å². The third kappa shape index (κ3) is 7.61. The number of rotatable bonds is 8. The molecule has 0 saturated carbocycles. The summed E-state index contributed by atoms with van der Waals surface area (Å²) in [5, 5.41) is 11.6. The Labute approximate surface area is 212 Å². The van der Waals surface area contributed by atoms with E-state index in [9.17, 15) is 18.4 Å². The number of anilines is 1. The topological polar surface area (TPSA) is 108 Å². The number of amidine groups is 1. The monoisotopic (exact) mass is 546 g/mol. The van der Waals surface area contributed by atoms with E-state index in [2.05, 4.69) is 32.1 Å². The summed E-state index contributed by atoms with van der Waals surface area (Å²) in [7, 11) is 0. The number of nitrogens with one attached hydrogen (secondary N) is 1. The first-order chi connectivity index (χ1) is 16.8. The number of benzene rings is 2. The van der Waals surface area contributed by atoms with Crippen molar-refractivity contribution < 1.29 is 23.5 Å². The number of halogens is 2.